The van der Waals surface area contributed by atoms with Crippen molar-refractivity contribution in [1.29, 1.82) is 0 Å². The van der Waals surface area contributed by atoms with Gasteiger partial charge in [0.05, 0.1) is 24.9 Å². The molecule has 1 aromatic carbocycles. The Hall–Kier alpha value is -1.10. The number of hydrogen-bond acceptors (Lipinski definition) is 4. The molecule has 1 saturated heterocycles. The molecule has 4 heteroatoms. The van der Waals surface area contributed by atoms with Gasteiger partial charge >= 0.3 is 0 Å². The summed E-state index contributed by atoms with van der Waals surface area (Å²) in [6.45, 7) is 6.17. The summed E-state index contributed by atoms with van der Waals surface area (Å²) in [6, 6.07) is 7.85. The summed E-state index contributed by atoms with van der Waals surface area (Å²) in [6.07, 6.45) is 2.41. The third kappa shape index (κ3) is 4.78. The van der Waals surface area contributed by atoms with Crippen LogP contribution in [0, 0.1) is 0 Å². The smallest absolute Gasteiger partial charge is 0.119 e. The van der Waals surface area contributed by atoms with Gasteiger partial charge in [-0.05, 0) is 44.4 Å². The Balaban J connectivity index is 1.80. The second kappa shape index (κ2) is 7.62. The Labute approximate surface area is 121 Å². The summed E-state index contributed by atoms with van der Waals surface area (Å²) in [5, 5.41) is 0. The molecule has 0 saturated carbocycles. The Morgan fingerprint density at radius 2 is 1.85 bits per heavy atom. The van der Waals surface area contributed by atoms with Gasteiger partial charge in [0.1, 0.15) is 5.75 Å². The van der Waals surface area contributed by atoms with E-state index in [2.05, 4.69) is 0 Å². The Morgan fingerprint density at radius 3 is 2.45 bits per heavy atom. The molecule has 112 valence electrons. The van der Waals surface area contributed by atoms with E-state index in [0.29, 0.717) is 12.7 Å². The highest BCUT2D eigenvalue weighted by molar-refractivity contribution is 5.29. The van der Waals surface area contributed by atoms with Crippen LogP contribution in [0.25, 0.3) is 0 Å². The van der Waals surface area contributed by atoms with Crippen molar-refractivity contribution in [2.45, 2.75) is 44.9 Å². The quantitative estimate of drug-likeness (QED) is 0.870. The summed E-state index contributed by atoms with van der Waals surface area (Å²) in [4.78, 5) is 0. The van der Waals surface area contributed by atoms with Gasteiger partial charge < -0.3 is 19.9 Å². The molecule has 1 aliphatic rings. The maximum atomic E-state index is 6.17. The fourth-order valence-corrected chi connectivity index (χ4v) is 2.24. The molecule has 1 atom stereocenters. The first kappa shape index (κ1) is 15.3. The summed E-state index contributed by atoms with van der Waals surface area (Å²) in [5.74, 6) is 0.876. The lowest BCUT2D eigenvalue weighted by Gasteiger charge is -2.24. The lowest BCUT2D eigenvalue weighted by molar-refractivity contribution is -0.0358. The van der Waals surface area contributed by atoms with E-state index in [0.717, 1.165) is 37.4 Å². The highest BCUT2D eigenvalue weighted by Gasteiger charge is 2.16. The third-order valence-corrected chi connectivity index (χ3v) is 3.36. The van der Waals surface area contributed by atoms with E-state index in [1.165, 1.54) is 0 Å². The molecule has 1 aliphatic heterocycles. The topological polar surface area (TPSA) is 53.7 Å². The molecule has 20 heavy (non-hydrogen) atoms. The highest BCUT2D eigenvalue weighted by Crippen LogP contribution is 2.19. The minimum atomic E-state index is -0.0917. The van der Waals surface area contributed by atoms with Crippen LogP contribution in [0.15, 0.2) is 24.3 Å². The molecule has 0 aliphatic carbocycles. The minimum Gasteiger partial charge on any atom is -0.491 e. The molecular formula is C16H25NO3. The van der Waals surface area contributed by atoms with Crippen LogP contribution in [0.5, 0.6) is 5.75 Å². The highest BCUT2D eigenvalue weighted by atomic mass is 16.5. The van der Waals surface area contributed by atoms with Crippen LogP contribution in [0.3, 0.4) is 0 Å². The van der Waals surface area contributed by atoms with E-state index < -0.39 is 0 Å². The first-order valence-electron chi connectivity index (χ1n) is 7.36. The van der Waals surface area contributed by atoms with E-state index in [4.69, 9.17) is 19.9 Å². The van der Waals surface area contributed by atoms with Gasteiger partial charge in [-0.15, -0.1) is 0 Å². The normalized spacial score (nSPS) is 18.2. The first-order chi connectivity index (χ1) is 9.65. The molecule has 0 amide bonds. The summed E-state index contributed by atoms with van der Waals surface area (Å²) in [5.41, 5.74) is 7.24. The van der Waals surface area contributed by atoms with Crippen molar-refractivity contribution in [3.63, 3.8) is 0 Å². The molecular weight excluding hydrogens is 254 g/mol. The number of nitrogens with two attached hydrogens (primary N) is 1. The fourth-order valence-electron chi connectivity index (χ4n) is 2.24. The van der Waals surface area contributed by atoms with Gasteiger partial charge in [-0.2, -0.15) is 0 Å². The summed E-state index contributed by atoms with van der Waals surface area (Å²) in [7, 11) is 0. The summed E-state index contributed by atoms with van der Waals surface area (Å²) >= 11 is 0. The average molecular weight is 279 g/mol. The molecule has 1 fully saturated rings. The van der Waals surface area contributed by atoms with E-state index in [1.54, 1.807) is 0 Å². The Morgan fingerprint density at radius 1 is 1.20 bits per heavy atom. The van der Waals surface area contributed by atoms with Crippen molar-refractivity contribution in [3.8, 4) is 5.75 Å². The van der Waals surface area contributed by atoms with Crippen molar-refractivity contribution in [1.82, 2.24) is 0 Å². The van der Waals surface area contributed by atoms with Crippen LogP contribution in [0.4, 0.5) is 0 Å². The zero-order valence-corrected chi connectivity index (χ0v) is 12.4. The molecule has 2 N–H and O–H groups in total. The van der Waals surface area contributed by atoms with Crippen LogP contribution >= 0.6 is 0 Å². The third-order valence-electron chi connectivity index (χ3n) is 3.36. The van der Waals surface area contributed by atoms with Gasteiger partial charge in [-0.3, -0.25) is 0 Å². The molecule has 1 aromatic rings. The van der Waals surface area contributed by atoms with Gasteiger partial charge in [0.25, 0.3) is 0 Å². The second-order valence-corrected chi connectivity index (χ2v) is 5.49. The maximum absolute atomic E-state index is 6.17. The van der Waals surface area contributed by atoms with Crippen LogP contribution in [-0.4, -0.2) is 32.0 Å². The van der Waals surface area contributed by atoms with Crippen molar-refractivity contribution in [2.75, 3.05) is 19.8 Å². The van der Waals surface area contributed by atoms with E-state index >= 15 is 0 Å². The predicted molar refractivity (Wildman–Crippen MR) is 78.9 cm³/mol. The van der Waals surface area contributed by atoms with Crippen molar-refractivity contribution in [2.24, 2.45) is 5.73 Å². The maximum Gasteiger partial charge on any atom is 0.119 e. The predicted octanol–water partition coefficient (Wildman–Crippen LogP) is 2.67. The fraction of sp³-hybridized carbons (Fsp3) is 0.625. The van der Waals surface area contributed by atoms with Crippen LogP contribution in [0.2, 0.25) is 0 Å². The summed E-state index contributed by atoms with van der Waals surface area (Å²) < 4.78 is 16.8. The molecule has 1 heterocycles. The molecule has 4 nitrogen and oxygen atoms in total. The van der Waals surface area contributed by atoms with Crippen molar-refractivity contribution < 1.29 is 14.2 Å². The van der Waals surface area contributed by atoms with Gasteiger partial charge in [-0.1, -0.05) is 12.1 Å². The van der Waals surface area contributed by atoms with E-state index in [9.17, 15) is 0 Å². The van der Waals surface area contributed by atoms with Crippen molar-refractivity contribution in [3.05, 3.63) is 29.8 Å². The lowest BCUT2D eigenvalue weighted by Crippen LogP contribution is -2.27. The molecule has 0 bridgehead atoms. The SMILES string of the molecule is CC(C)Oc1ccc(C(N)COC2CCOCC2)cc1. The van der Waals surface area contributed by atoms with Gasteiger partial charge in [-0.25, -0.2) is 0 Å². The monoisotopic (exact) mass is 279 g/mol. The second-order valence-electron chi connectivity index (χ2n) is 5.49. The van der Waals surface area contributed by atoms with Gasteiger partial charge in [0.2, 0.25) is 0 Å². The van der Waals surface area contributed by atoms with E-state index in [1.807, 2.05) is 38.1 Å². The van der Waals surface area contributed by atoms with Crippen LogP contribution < -0.4 is 10.5 Å². The number of benzene rings is 1. The van der Waals surface area contributed by atoms with Crippen LogP contribution in [0.1, 0.15) is 38.3 Å². The largest absolute Gasteiger partial charge is 0.491 e. The zero-order chi connectivity index (χ0) is 14.4. The molecule has 1 unspecified atom stereocenters. The first-order valence-corrected chi connectivity index (χ1v) is 7.36. The lowest BCUT2D eigenvalue weighted by atomic mass is 10.1. The standard InChI is InChI=1S/C16H25NO3/c1-12(2)20-15-5-3-13(4-6-15)16(17)11-19-14-7-9-18-10-8-14/h3-6,12,14,16H,7-11,17H2,1-2H3. The zero-order valence-electron chi connectivity index (χ0n) is 12.4. The minimum absolute atomic E-state index is 0.0917. The number of hydrogen-bond donors (Lipinski definition) is 1. The average Bonchev–Trinajstić information content (AvgIpc) is 2.46. The number of rotatable bonds is 6. The van der Waals surface area contributed by atoms with Gasteiger partial charge in [0, 0.05) is 13.2 Å². The van der Waals surface area contributed by atoms with Crippen molar-refractivity contribution >= 4 is 0 Å². The molecule has 0 aromatic heterocycles. The molecule has 2 rings (SSSR count). The number of ether oxygens (including phenoxy) is 3. The molecule has 0 spiro atoms. The molecule has 0 radical (unpaired) electrons. The Bertz CT molecular complexity index is 385. The Kier molecular flexibility index (Phi) is 5.83. The van der Waals surface area contributed by atoms with E-state index in [-0.39, 0.29) is 12.1 Å². The van der Waals surface area contributed by atoms with Gasteiger partial charge in [0.15, 0.2) is 0 Å². The van der Waals surface area contributed by atoms with Crippen LogP contribution in [-0.2, 0) is 9.47 Å².